The van der Waals surface area contributed by atoms with Gasteiger partial charge in [-0.2, -0.15) is 4.36 Å². The Labute approximate surface area is 207 Å². The van der Waals surface area contributed by atoms with Gasteiger partial charge in [-0.15, -0.1) is 0 Å². The Morgan fingerprint density at radius 2 is 1.94 bits per heavy atom. The molecule has 0 unspecified atom stereocenters. The second-order valence-corrected chi connectivity index (χ2v) is 11.7. The number of carbonyl (C=O) groups is 1. The minimum absolute atomic E-state index is 0.139. The zero-order valence-corrected chi connectivity index (χ0v) is 21.4. The molecule has 1 atom stereocenters. The van der Waals surface area contributed by atoms with E-state index in [1.807, 2.05) is 0 Å². The van der Waals surface area contributed by atoms with Crippen LogP contribution < -0.4 is 15.4 Å². The molecule has 0 aliphatic heterocycles. The molecule has 2 aromatic carbocycles. The van der Waals surface area contributed by atoms with E-state index in [0.717, 1.165) is 17.7 Å². The quantitative estimate of drug-likeness (QED) is 0.419. The summed E-state index contributed by atoms with van der Waals surface area (Å²) in [4.78, 5) is 20.9. The molecule has 0 saturated carbocycles. The van der Waals surface area contributed by atoms with E-state index < -0.39 is 39.9 Å². The lowest BCUT2D eigenvalue weighted by molar-refractivity contribution is -0.129. The Kier molecular flexibility index (Phi) is 8.07. The van der Waals surface area contributed by atoms with Crippen molar-refractivity contribution in [1.29, 1.82) is 0 Å². The van der Waals surface area contributed by atoms with Gasteiger partial charge in [0, 0.05) is 33.7 Å². The first-order valence-corrected chi connectivity index (χ1v) is 13.3. The summed E-state index contributed by atoms with van der Waals surface area (Å²) in [5.41, 5.74) is 0.267. The molecule has 0 radical (unpaired) electrons. The summed E-state index contributed by atoms with van der Waals surface area (Å²) in [6.07, 6.45) is 2.74. The largest absolute Gasteiger partial charge is 0.476 e. The lowest BCUT2D eigenvalue weighted by atomic mass is 10.1. The molecule has 0 fully saturated rings. The second kappa shape index (κ2) is 10.7. The van der Waals surface area contributed by atoms with Gasteiger partial charge in [0.05, 0.1) is 23.4 Å². The molecule has 2 N–H and O–H groups in total. The summed E-state index contributed by atoms with van der Waals surface area (Å²) in [5, 5.41) is 5.94. The van der Waals surface area contributed by atoms with Crippen molar-refractivity contribution >= 4 is 43.7 Å². The normalized spacial score (nSPS) is 12.8. The van der Waals surface area contributed by atoms with Gasteiger partial charge in [-0.25, -0.2) is 27.3 Å². The van der Waals surface area contributed by atoms with Crippen LogP contribution >= 0.6 is 0 Å². The van der Waals surface area contributed by atoms with Crippen LogP contribution in [-0.4, -0.2) is 57.6 Å². The third kappa shape index (κ3) is 7.30. The number of nitrogens with one attached hydrogen (secondary N) is 2. The molecule has 0 saturated heterocycles. The van der Waals surface area contributed by atoms with Gasteiger partial charge in [-0.05, 0) is 50.6 Å². The van der Waals surface area contributed by atoms with Crippen molar-refractivity contribution in [2.24, 2.45) is 4.36 Å². The number of amides is 1. The van der Waals surface area contributed by atoms with Gasteiger partial charge in [0.25, 0.3) is 5.91 Å². The van der Waals surface area contributed by atoms with Gasteiger partial charge in [0.1, 0.15) is 36.1 Å². The molecule has 1 aromatic heterocycles. The van der Waals surface area contributed by atoms with Crippen LogP contribution in [0.15, 0.2) is 41.0 Å². The number of ether oxygens (including phenoxy) is 1. The zero-order valence-electron chi connectivity index (χ0n) is 20.6. The van der Waals surface area contributed by atoms with Crippen molar-refractivity contribution in [3.63, 3.8) is 0 Å². The fourth-order valence-corrected chi connectivity index (χ4v) is 3.93. The van der Waals surface area contributed by atoms with Gasteiger partial charge in [0.2, 0.25) is 6.10 Å². The van der Waals surface area contributed by atoms with Crippen LogP contribution in [-0.2, 0) is 14.5 Å². The fraction of sp³-hybridized carbons (Fsp3) is 0.375. The Morgan fingerprint density at radius 1 is 1.22 bits per heavy atom. The Morgan fingerprint density at radius 3 is 2.58 bits per heavy atom. The van der Waals surface area contributed by atoms with Crippen LogP contribution in [0.25, 0.3) is 10.9 Å². The maximum atomic E-state index is 14.0. The van der Waals surface area contributed by atoms with E-state index in [1.165, 1.54) is 38.8 Å². The Hall–Kier alpha value is -3.41. The first-order valence-electron chi connectivity index (χ1n) is 10.9. The molecule has 0 aliphatic carbocycles. The van der Waals surface area contributed by atoms with E-state index >= 15 is 0 Å². The van der Waals surface area contributed by atoms with Crippen LogP contribution in [0.3, 0.4) is 0 Å². The van der Waals surface area contributed by atoms with E-state index in [9.17, 15) is 22.2 Å². The number of carbonyl (C=O) groups excluding carboxylic acids is 1. The van der Waals surface area contributed by atoms with Crippen molar-refractivity contribution in [2.45, 2.75) is 32.5 Å². The topological polar surface area (TPSA) is 106 Å². The highest BCUT2D eigenvalue weighted by molar-refractivity contribution is 7.92. The van der Waals surface area contributed by atoms with E-state index in [1.54, 1.807) is 19.1 Å². The van der Waals surface area contributed by atoms with Crippen molar-refractivity contribution in [3.05, 3.63) is 48.0 Å². The fourth-order valence-electron chi connectivity index (χ4n) is 3.32. The molecular weight excluding hydrogens is 495 g/mol. The molecular formula is C24H28F3N5O3S. The van der Waals surface area contributed by atoms with E-state index in [0.29, 0.717) is 22.4 Å². The monoisotopic (exact) mass is 523 g/mol. The van der Waals surface area contributed by atoms with Crippen LogP contribution in [0.5, 0.6) is 5.75 Å². The minimum atomic E-state index is -2.38. The minimum Gasteiger partial charge on any atom is -0.476 e. The standard InChI is InChI=1S/C24H28F3N5O3S/c1-14-8-16(32-36(4,5)34)10-18-21(14)22(30-13-29-18)31-17-7-6-15(26)9-19(17)35-20(11-25)23(33)28-12-24(2,3)27/h6-10,13,20H,11-12H2,1-5H3,(H,28,33)(H,29,30,31)/t20-/m1/s1. The molecule has 0 spiro atoms. The number of halogens is 3. The number of nitrogens with zero attached hydrogens (tertiary/aromatic N) is 3. The lowest BCUT2D eigenvalue weighted by Crippen LogP contribution is -2.44. The molecule has 12 heteroatoms. The predicted molar refractivity (Wildman–Crippen MR) is 135 cm³/mol. The molecule has 36 heavy (non-hydrogen) atoms. The van der Waals surface area contributed by atoms with Gasteiger partial charge < -0.3 is 15.4 Å². The molecule has 8 nitrogen and oxygen atoms in total. The summed E-state index contributed by atoms with van der Waals surface area (Å²) in [6.45, 7) is 2.78. The second-order valence-electron chi connectivity index (χ2n) is 9.11. The molecule has 0 bridgehead atoms. The summed E-state index contributed by atoms with van der Waals surface area (Å²) < 4.78 is 63.2. The number of fused-ring (bicyclic) bond motifs is 1. The van der Waals surface area contributed by atoms with Crippen LogP contribution in [0, 0.1) is 12.7 Å². The van der Waals surface area contributed by atoms with Gasteiger partial charge in [-0.1, -0.05) is 0 Å². The summed E-state index contributed by atoms with van der Waals surface area (Å²) in [7, 11) is -2.38. The average Bonchev–Trinajstić information content (AvgIpc) is 2.75. The number of aromatic nitrogens is 2. The van der Waals surface area contributed by atoms with Crippen molar-refractivity contribution in [3.8, 4) is 5.75 Å². The van der Waals surface area contributed by atoms with Crippen LogP contribution in [0.4, 0.5) is 30.4 Å². The summed E-state index contributed by atoms with van der Waals surface area (Å²) >= 11 is 0. The number of aryl methyl sites for hydroxylation is 1. The maximum absolute atomic E-state index is 14.0. The highest BCUT2D eigenvalue weighted by Gasteiger charge is 2.25. The van der Waals surface area contributed by atoms with Crippen molar-refractivity contribution in [2.75, 3.05) is 31.0 Å². The number of anilines is 2. The van der Waals surface area contributed by atoms with E-state index in [4.69, 9.17) is 4.74 Å². The van der Waals surface area contributed by atoms with Crippen molar-refractivity contribution in [1.82, 2.24) is 15.3 Å². The average molecular weight is 524 g/mol. The predicted octanol–water partition coefficient (Wildman–Crippen LogP) is 4.76. The SMILES string of the molecule is Cc1cc(N=S(C)(C)=O)cc2ncnc(Nc3ccc(F)cc3O[C@H](CF)C(=O)NCC(C)(C)F)c12. The first-order chi connectivity index (χ1) is 16.8. The first kappa shape index (κ1) is 27.2. The number of rotatable bonds is 9. The molecule has 1 amide bonds. The molecule has 0 aliphatic rings. The number of alkyl halides is 2. The smallest absolute Gasteiger partial charge is 0.263 e. The number of benzene rings is 2. The highest BCUT2D eigenvalue weighted by Crippen LogP contribution is 2.34. The van der Waals surface area contributed by atoms with Gasteiger partial charge in [-0.3, -0.25) is 4.79 Å². The summed E-state index contributed by atoms with van der Waals surface area (Å²) in [5.74, 6) is -1.34. The third-order valence-electron chi connectivity index (χ3n) is 4.83. The van der Waals surface area contributed by atoms with E-state index in [2.05, 4.69) is 25.0 Å². The Balaban J connectivity index is 1.95. The lowest BCUT2D eigenvalue weighted by Gasteiger charge is -2.21. The van der Waals surface area contributed by atoms with Crippen LogP contribution in [0.2, 0.25) is 0 Å². The van der Waals surface area contributed by atoms with Gasteiger partial charge >= 0.3 is 0 Å². The highest BCUT2D eigenvalue weighted by atomic mass is 32.2. The maximum Gasteiger partial charge on any atom is 0.263 e. The third-order valence-corrected chi connectivity index (χ3v) is 5.48. The van der Waals surface area contributed by atoms with Crippen molar-refractivity contribution < 1.29 is 26.9 Å². The molecule has 3 aromatic rings. The molecule has 3 rings (SSSR count). The molecule has 194 valence electrons. The van der Waals surface area contributed by atoms with E-state index in [-0.39, 0.29) is 18.0 Å². The molecule has 1 heterocycles. The number of hydrogen-bond acceptors (Lipinski definition) is 7. The Bertz CT molecular complexity index is 1390. The van der Waals surface area contributed by atoms with Gasteiger partial charge in [0.15, 0.2) is 0 Å². The summed E-state index contributed by atoms with van der Waals surface area (Å²) in [6, 6.07) is 6.93. The zero-order chi connectivity index (χ0) is 26.7. The number of hydrogen-bond donors (Lipinski definition) is 2. The van der Waals surface area contributed by atoms with Crippen LogP contribution in [0.1, 0.15) is 19.4 Å².